The lowest BCUT2D eigenvalue weighted by atomic mass is 10.2. The third-order valence-corrected chi connectivity index (χ3v) is 6.46. The quantitative estimate of drug-likeness (QED) is 0.480. The summed E-state index contributed by atoms with van der Waals surface area (Å²) >= 11 is 1.57. The molecule has 7 heteroatoms. The molecule has 0 radical (unpaired) electrons. The van der Waals surface area contributed by atoms with Crippen LogP contribution < -0.4 is 0 Å². The second kappa shape index (κ2) is 6.74. The molecular weight excluding hydrogens is 336 g/mol. The maximum atomic E-state index is 5.90. The van der Waals surface area contributed by atoms with Crippen molar-refractivity contribution in [1.82, 2.24) is 19.7 Å². The summed E-state index contributed by atoms with van der Waals surface area (Å²) in [4.78, 5) is 4.81. The van der Waals surface area contributed by atoms with E-state index in [1.54, 1.807) is 11.3 Å². The highest BCUT2D eigenvalue weighted by molar-refractivity contribution is 7.14. The molecule has 5 nitrogen and oxygen atoms in total. The second-order valence-corrected chi connectivity index (χ2v) is 14.1. The summed E-state index contributed by atoms with van der Waals surface area (Å²) in [7, 11) is -1.06. The molecule has 3 aromatic rings. The van der Waals surface area contributed by atoms with Crippen molar-refractivity contribution in [2.45, 2.75) is 46.3 Å². The summed E-state index contributed by atoms with van der Waals surface area (Å²) < 4.78 is 7.99. The highest BCUT2D eigenvalue weighted by Crippen LogP contribution is 2.26. The van der Waals surface area contributed by atoms with Crippen molar-refractivity contribution < 1.29 is 4.74 Å². The number of hydrogen-bond donors (Lipinski definition) is 0. The minimum absolute atomic E-state index is 0.542. The lowest BCUT2D eigenvalue weighted by molar-refractivity contribution is 0.0898. The van der Waals surface area contributed by atoms with Gasteiger partial charge in [-0.2, -0.15) is 0 Å². The Hall–Kier alpha value is -1.57. The van der Waals surface area contributed by atoms with Gasteiger partial charge in [-0.3, -0.25) is 0 Å². The number of rotatable bonds is 6. The van der Waals surface area contributed by atoms with Crippen LogP contribution in [0.15, 0.2) is 18.3 Å². The lowest BCUT2D eigenvalue weighted by Crippen LogP contribution is -2.22. The molecule has 3 aromatic heterocycles. The zero-order valence-electron chi connectivity index (χ0n) is 15.0. The van der Waals surface area contributed by atoms with E-state index in [2.05, 4.69) is 53.6 Å². The van der Waals surface area contributed by atoms with Gasteiger partial charge in [-0.15, -0.1) is 10.2 Å². The molecule has 128 valence electrons. The Kier molecular flexibility index (Phi) is 4.84. The van der Waals surface area contributed by atoms with E-state index in [9.17, 15) is 0 Å². The van der Waals surface area contributed by atoms with Gasteiger partial charge in [0.2, 0.25) is 0 Å². The summed E-state index contributed by atoms with van der Waals surface area (Å²) in [5.41, 5.74) is 3.03. The van der Waals surface area contributed by atoms with Gasteiger partial charge >= 0.3 is 0 Å². The third kappa shape index (κ3) is 3.91. The molecule has 0 aromatic carbocycles. The summed E-state index contributed by atoms with van der Waals surface area (Å²) in [5.74, 6) is 0. The van der Waals surface area contributed by atoms with Crippen molar-refractivity contribution in [3.63, 3.8) is 0 Å². The lowest BCUT2D eigenvalue weighted by Gasteiger charge is -2.15. The van der Waals surface area contributed by atoms with Crippen LogP contribution >= 0.6 is 11.3 Å². The van der Waals surface area contributed by atoms with E-state index in [4.69, 9.17) is 9.72 Å². The largest absolute Gasteiger partial charge is 0.361 e. The Morgan fingerprint density at radius 2 is 1.96 bits per heavy atom. The summed E-state index contributed by atoms with van der Waals surface area (Å²) in [6.45, 7) is 12.5. The van der Waals surface area contributed by atoms with Crippen molar-refractivity contribution in [2.24, 2.45) is 0 Å². The molecule has 0 aliphatic rings. The third-order valence-electron chi connectivity index (χ3n) is 3.89. The van der Waals surface area contributed by atoms with E-state index >= 15 is 0 Å². The normalized spacial score (nSPS) is 12.2. The van der Waals surface area contributed by atoms with Crippen molar-refractivity contribution >= 4 is 30.4 Å². The first-order chi connectivity index (χ1) is 11.3. The van der Waals surface area contributed by atoms with Crippen LogP contribution in [0.5, 0.6) is 0 Å². The Balaban J connectivity index is 1.82. The Bertz CT molecular complexity index is 850. The molecule has 0 aliphatic carbocycles. The standard InChI is InChI=1S/C17H24N4OSSi/c1-12-10-21(11-22-8-9-24(3,4)5)16-14(12)6-7-15(18-16)17-20-19-13(2)23-17/h6-7,10H,8-9,11H2,1-5H3. The minimum atomic E-state index is -1.06. The van der Waals surface area contributed by atoms with E-state index in [1.807, 2.05) is 13.0 Å². The summed E-state index contributed by atoms with van der Waals surface area (Å²) in [5, 5.41) is 11.3. The molecule has 0 saturated heterocycles. The van der Waals surface area contributed by atoms with Crippen molar-refractivity contribution in [2.75, 3.05) is 6.61 Å². The van der Waals surface area contributed by atoms with Crippen LogP contribution in [0.2, 0.25) is 25.7 Å². The van der Waals surface area contributed by atoms with E-state index in [1.165, 1.54) is 11.6 Å². The van der Waals surface area contributed by atoms with Gasteiger partial charge < -0.3 is 9.30 Å². The molecule has 0 bridgehead atoms. The Morgan fingerprint density at radius 3 is 2.62 bits per heavy atom. The van der Waals surface area contributed by atoms with E-state index in [0.717, 1.165) is 33.3 Å². The maximum Gasteiger partial charge on any atom is 0.166 e. The van der Waals surface area contributed by atoms with E-state index < -0.39 is 8.07 Å². The number of nitrogens with zero attached hydrogens (tertiary/aromatic N) is 4. The van der Waals surface area contributed by atoms with Crippen LogP contribution in [0.4, 0.5) is 0 Å². The zero-order valence-corrected chi connectivity index (χ0v) is 16.8. The molecule has 0 aliphatic heterocycles. The highest BCUT2D eigenvalue weighted by Gasteiger charge is 2.14. The van der Waals surface area contributed by atoms with Crippen LogP contribution in [0.3, 0.4) is 0 Å². The number of aryl methyl sites for hydroxylation is 2. The van der Waals surface area contributed by atoms with Gasteiger partial charge in [-0.1, -0.05) is 31.0 Å². The maximum absolute atomic E-state index is 5.90. The van der Waals surface area contributed by atoms with Crippen molar-refractivity contribution in [1.29, 1.82) is 0 Å². The zero-order chi connectivity index (χ0) is 17.3. The van der Waals surface area contributed by atoms with Crippen LogP contribution in [0.25, 0.3) is 21.7 Å². The summed E-state index contributed by atoms with van der Waals surface area (Å²) in [6.07, 6.45) is 2.11. The fraction of sp³-hybridized carbons (Fsp3) is 0.471. The van der Waals surface area contributed by atoms with Gasteiger partial charge in [-0.05, 0) is 37.6 Å². The van der Waals surface area contributed by atoms with E-state index in [-0.39, 0.29) is 0 Å². The molecule has 0 fully saturated rings. The fourth-order valence-corrected chi connectivity index (χ4v) is 3.92. The number of aromatic nitrogens is 4. The number of hydrogen-bond acceptors (Lipinski definition) is 5. The minimum Gasteiger partial charge on any atom is -0.361 e. The molecule has 0 N–H and O–H groups in total. The first kappa shape index (κ1) is 17.3. The molecule has 0 amide bonds. The van der Waals surface area contributed by atoms with Crippen LogP contribution in [0, 0.1) is 13.8 Å². The smallest absolute Gasteiger partial charge is 0.166 e. The van der Waals surface area contributed by atoms with Crippen LogP contribution in [-0.2, 0) is 11.5 Å². The Labute approximate surface area is 147 Å². The predicted molar refractivity (Wildman–Crippen MR) is 102 cm³/mol. The number of pyridine rings is 1. The molecule has 0 atom stereocenters. The molecule has 0 saturated carbocycles. The number of fused-ring (bicyclic) bond motifs is 1. The van der Waals surface area contributed by atoms with Crippen molar-refractivity contribution in [3.8, 4) is 10.7 Å². The SMILES string of the molecule is Cc1nnc(-c2ccc3c(C)cn(COCC[Si](C)(C)C)c3n2)s1. The molecule has 24 heavy (non-hydrogen) atoms. The number of ether oxygens (including phenoxy) is 1. The molecular formula is C17H24N4OSSi. The molecule has 3 rings (SSSR count). The average Bonchev–Trinajstić information content (AvgIpc) is 3.07. The monoisotopic (exact) mass is 360 g/mol. The van der Waals surface area contributed by atoms with Gasteiger partial charge in [0.25, 0.3) is 0 Å². The van der Waals surface area contributed by atoms with Crippen LogP contribution in [0.1, 0.15) is 10.6 Å². The fourth-order valence-electron chi connectivity index (χ4n) is 2.50. The van der Waals surface area contributed by atoms with Crippen molar-refractivity contribution in [3.05, 3.63) is 28.9 Å². The van der Waals surface area contributed by atoms with Gasteiger partial charge in [0.1, 0.15) is 23.1 Å². The van der Waals surface area contributed by atoms with Gasteiger partial charge in [-0.25, -0.2) is 4.98 Å². The van der Waals surface area contributed by atoms with Gasteiger partial charge in [0, 0.05) is 26.3 Å². The molecule has 0 unspecified atom stereocenters. The topological polar surface area (TPSA) is 52.8 Å². The second-order valence-electron chi connectivity index (χ2n) is 7.32. The molecule has 3 heterocycles. The Morgan fingerprint density at radius 1 is 1.17 bits per heavy atom. The van der Waals surface area contributed by atoms with E-state index in [0.29, 0.717) is 6.73 Å². The predicted octanol–water partition coefficient (Wildman–Crippen LogP) is 4.48. The molecule has 0 spiro atoms. The van der Waals surface area contributed by atoms with Gasteiger partial charge in [0.05, 0.1) is 0 Å². The average molecular weight is 361 g/mol. The first-order valence-electron chi connectivity index (χ1n) is 8.18. The summed E-state index contributed by atoms with van der Waals surface area (Å²) in [6, 6.07) is 5.31. The van der Waals surface area contributed by atoms with Gasteiger partial charge in [0.15, 0.2) is 5.01 Å². The first-order valence-corrected chi connectivity index (χ1v) is 12.7. The van der Waals surface area contributed by atoms with Crippen LogP contribution in [-0.4, -0.2) is 34.4 Å². The highest BCUT2D eigenvalue weighted by atomic mass is 32.1.